The van der Waals surface area contributed by atoms with Crippen molar-refractivity contribution in [2.75, 3.05) is 26.3 Å². The number of hydrogen-bond donors (Lipinski definition) is 0. The normalized spacial score (nSPS) is 35.1. The van der Waals surface area contributed by atoms with Gasteiger partial charge in [-0.2, -0.15) is 5.26 Å². The molecule has 1 aliphatic heterocycles. The molecule has 2 rings (SSSR count). The Balaban J connectivity index is 2.01. The number of ether oxygens (including phenoxy) is 1. The Hall–Kier alpha value is -0.850. The molecule has 0 saturated carbocycles. The van der Waals surface area contributed by atoms with Crippen molar-refractivity contribution in [3.8, 4) is 6.07 Å². The molecule has 0 unspecified atom stereocenters. The molecule has 0 aromatic rings. The summed E-state index contributed by atoms with van der Waals surface area (Å²) in [7, 11) is 0. The van der Waals surface area contributed by atoms with Gasteiger partial charge in [-0.1, -0.05) is 18.6 Å². The van der Waals surface area contributed by atoms with E-state index in [1.54, 1.807) is 0 Å². The summed E-state index contributed by atoms with van der Waals surface area (Å²) in [5.74, 6) is 1.36. The minimum atomic E-state index is -0.0503. The van der Waals surface area contributed by atoms with E-state index in [1.807, 2.05) is 0 Å². The van der Waals surface area contributed by atoms with Crippen LogP contribution in [-0.4, -0.2) is 37.2 Å². The first kappa shape index (κ1) is 12.6. The summed E-state index contributed by atoms with van der Waals surface area (Å²) in [5, 5.41) is 9.14. The van der Waals surface area contributed by atoms with Crippen molar-refractivity contribution in [1.82, 2.24) is 4.90 Å². The zero-order valence-corrected chi connectivity index (χ0v) is 10.9. The first-order valence-electron chi connectivity index (χ1n) is 6.60. The van der Waals surface area contributed by atoms with Crippen molar-refractivity contribution in [1.29, 1.82) is 5.26 Å². The fourth-order valence-corrected chi connectivity index (χ4v) is 2.93. The maximum absolute atomic E-state index is 9.14. The van der Waals surface area contributed by atoms with Gasteiger partial charge in [-0.05, 0) is 31.6 Å². The molecule has 17 heavy (non-hydrogen) atoms. The van der Waals surface area contributed by atoms with Crippen molar-refractivity contribution in [2.45, 2.75) is 32.7 Å². The van der Waals surface area contributed by atoms with Crippen LogP contribution in [0.2, 0.25) is 0 Å². The first-order valence-corrected chi connectivity index (χ1v) is 6.60. The molecule has 1 aliphatic carbocycles. The van der Waals surface area contributed by atoms with Gasteiger partial charge in [0, 0.05) is 13.1 Å². The van der Waals surface area contributed by atoms with E-state index in [-0.39, 0.29) is 6.04 Å². The average Bonchev–Trinajstić information content (AvgIpc) is 2.34. The Morgan fingerprint density at radius 1 is 1.59 bits per heavy atom. The van der Waals surface area contributed by atoms with Crippen molar-refractivity contribution in [3.63, 3.8) is 0 Å². The lowest BCUT2D eigenvalue weighted by atomic mass is 9.79. The third-order valence-corrected chi connectivity index (χ3v) is 4.18. The molecule has 3 nitrogen and oxygen atoms in total. The van der Waals surface area contributed by atoms with Crippen LogP contribution in [0.1, 0.15) is 26.7 Å². The summed E-state index contributed by atoms with van der Waals surface area (Å²) >= 11 is 0. The second-order valence-corrected chi connectivity index (χ2v) is 5.32. The maximum atomic E-state index is 9.14. The monoisotopic (exact) mass is 234 g/mol. The summed E-state index contributed by atoms with van der Waals surface area (Å²) < 4.78 is 5.37. The molecule has 0 spiro atoms. The molecule has 0 amide bonds. The van der Waals surface area contributed by atoms with Gasteiger partial charge >= 0.3 is 0 Å². The zero-order chi connectivity index (χ0) is 12.3. The largest absolute Gasteiger partial charge is 0.377 e. The predicted molar refractivity (Wildman–Crippen MR) is 67.4 cm³/mol. The maximum Gasteiger partial charge on any atom is 0.121 e. The molecule has 2 aliphatic rings. The quantitative estimate of drug-likeness (QED) is 0.687. The highest BCUT2D eigenvalue weighted by Crippen LogP contribution is 2.31. The zero-order valence-electron chi connectivity index (χ0n) is 10.9. The molecule has 3 atom stereocenters. The van der Waals surface area contributed by atoms with E-state index in [9.17, 15) is 0 Å². The fourth-order valence-electron chi connectivity index (χ4n) is 2.93. The molecule has 3 heteroatoms. The third kappa shape index (κ3) is 2.88. The van der Waals surface area contributed by atoms with Crippen LogP contribution in [-0.2, 0) is 4.74 Å². The highest BCUT2D eigenvalue weighted by atomic mass is 16.5. The fraction of sp³-hybridized carbons (Fsp3) is 0.786. The van der Waals surface area contributed by atoms with Gasteiger partial charge in [-0.3, -0.25) is 4.90 Å². The van der Waals surface area contributed by atoms with Crippen LogP contribution >= 0.6 is 0 Å². The van der Waals surface area contributed by atoms with Crippen LogP contribution < -0.4 is 0 Å². The molecule has 1 heterocycles. The number of nitrogens with zero attached hydrogens (tertiary/aromatic N) is 2. The summed E-state index contributed by atoms with van der Waals surface area (Å²) in [6.45, 7) is 7.83. The first-order chi connectivity index (χ1) is 8.22. The van der Waals surface area contributed by atoms with Gasteiger partial charge < -0.3 is 4.74 Å². The number of nitriles is 1. The Bertz CT molecular complexity index is 332. The minimum absolute atomic E-state index is 0.0503. The lowest BCUT2D eigenvalue weighted by Gasteiger charge is -2.37. The summed E-state index contributed by atoms with van der Waals surface area (Å²) in [6, 6.07) is 2.30. The predicted octanol–water partition coefficient (Wildman–Crippen LogP) is 2.20. The van der Waals surface area contributed by atoms with Crippen molar-refractivity contribution >= 4 is 0 Å². The van der Waals surface area contributed by atoms with E-state index in [0.29, 0.717) is 12.5 Å². The number of rotatable bonds is 2. The molecule has 0 bridgehead atoms. The van der Waals surface area contributed by atoms with E-state index in [2.05, 4.69) is 30.9 Å². The summed E-state index contributed by atoms with van der Waals surface area (Å²) in [4.78, 5) is 2.30. The average molecular weight is 234 g/mol. The second kappa shape index (κ2) is 5.66. The summed E-state index contributed by atoms with van der Waals surface area (Å²) in [6.07, 6.45) is 4.87. The lowest BCUT2D eigenvalue weighted by Crippen LogP contribution is -2.47. The summed E-state index contributed by atoms with van der Waals surface area (Å²) in [5.41, 5.74) is 1.51. The Kier molecular flexibility index (Phi) is 4.20. The molecule has 94 valence electrons. The van der Waals surface area contributed by atoms with Gasteiger partial charge in [0.15, 0.2) is 0 Å². The smallest absolute Gasteiger partial charge is 0.121 e. The highest BCUT2D eigenvalue weighted by molar-refractivity contribution is 5.10. The van der Waals surface area contributed by atoms with E-state index in [0.717, 1.165) is 25.6 Å². The third-order valence-electron chi connectivity index (χ3n) is 4.18. The molecular formula is C14H22N2O. The van der Waals surface area contributed by atoms with Crippen LogP contribution in [0.5, 0.6) is 0 Å². The molecular weight excluding hydrogens is 212 g/mol. The van der Waals surface area contributed by atoms with Crippen LogP contribution in [0.15, 0.2) is 11.6 Å². The van der Waals surface area contributed by atoms with Crippen LogP contribution in [0.25, 0.3) is 0 Å². The number of allylic oxidation sites excluding steroid dienone is 1. The van der Waals surface area contributed by atoms with E-state index < -0.39 is 0 Å². The Labute approximate surface area is 104 Å². The highest BCUT2D eigenvalue weighted by Gasteiger charge is 2.29. The van der Waals surface area contributed by atoms with Gasteiger partial charge in [-0.25, -0.2) is 0 Å². The van der Waals surface area contributed by atoms with Gasteiger partial charge in [0.1, 0.15) is 6.04 Å². The molecule has 0 radical (unpaired) electrons. The number of hydrogen-bond acceptors (Lipinski definition) is 3. The van der Waals surface area contributed by atoms with Crippen molar-refractivity contribution in [3.05, 3.63) is 11.6 Å². The van der Waals surface area contributed by atoms with Crippen molar-refractivity contribution < 1.29 is 4.74 Å². The molecule has 0 aromatic carbocycles. The van der Waals surface area contributed by atoms with Gasteiger partial charge in [0.25, 0.3) is 0 Å². The SMILES string of the molecule is CC1=CCC[C@H](C)[C@H]1CN1CCOC[C@H]1C#N. The van der Waals surface area contributed by atoms with Gasteiger partial charge in [0.2, 0.25) is 0 Å². The van der Waals surface area contributed by atoms with Crippen LogP contribution in [0, 0.1) is 23.2 Å². The van der Waals surface area contributed by atoms with Crippen LogP contribution in [0.3, 0.4) is 0 Å². The number of morpholine rings is 1. The molecule has 0 aromatic heterocycles. The second-order valence-electron chi connectivity index (χ2n) is 5.32. The van der Waals surface area contributed by atoms with E-state index >= 15 is 0 Å². The molecule has 0 N–H and O–H groups in total. The van der Waals surface area contributed by atoms with Gasteiger partial charge in [0.05, 0.1) is 19.3 Å². The van der Waals surface area contributed by atoms with Gasteiger partial charge in [-0.15, -0.1) is 0 Å². The van der Waals surface area contributed by atoms with Crippen LogP contribution in [0.4, 0.5) is 0 Å². The topological polar surface area (TPSA) is 36.3 Å². The van der Waals surface area contributed by atoms with Crippen molar-refractivity contribution in [2.24, 2.45) is 11.8 Å². The standard InChI is InChI=1S/C14H22N2O/c1-11-4-3-5-12(2)14(11)9-16-6-7-17-10-13(16)8-15/h4,12-14H,3,5-7,9-10H2,1-2H3/t12-,13+,14-/m0/s1. The Morgan fingerprint density at radius 2 is 2.41 bits per heavy atom. The Morgan fingerprint density at radius 3 is 3.12 bits per heavy atom. The lowest BCUT2D eigenvalue weighted by molar-refractivity contribution is 0.00410. The van der Waals surface area contributed by atoms with E-state index in [4.69, 9.17) is 10.00 Å². The van der Waals surface area contributed by atoms with E-state index in [1.165, 1.54) is 18.4 Å². The minimum Gasteiger partial charge on any atom is -0.377 e. The molecule has 1 fully saturated rings. The molecule has 1 saturated heterocycles.